The number of amides is 1. The zero-order valence-corrected chi connectivity index (χ0v) is 15.7. The van der Waals surface area contributed by atoms with Gasteiger partial charge in [0.05, 0.1) is 0 Å². The number of rotatable bonds is 2. The first-order chi connectivity index (χ1) is 9.48. The molecule has 0 aliphatic carbocycles. The quantitative estimate of drug-likeness (QED) is 0.566. The monoisotopic (exact) mass is 309 g/mol. The molecule has 0 N–H and O–H groups in total. The van der Waals surface area contributed by atoms with Gasteiger partial charge < -0.3 is 9.64 Å². The molecule has 1 amide bonds. The minimum absolute atomic E-state index is 0.176. The second-order valence-corrected chi connectivity index (χ2v) is 13.0. The van der Waals surface area contributed by atoms with E-state index in [9.17, 15) is 4.79 Å². The second-order valence-electron chi connectivity index (χ2n) is 8.21. The summed E-state index contributed by atoms with van der Waals surface area (Å²) in [6.07, 6.45) is 1.83. The van der Waals surface area contributed by atoms with E-state index in [0.717, 1.165) is 25.9 Å². The number of carbonyl (C=O) groups excluding carboxylic acids is 1. The van der Waals surface area contributed by atoms with E-state index in [1.165, 1.54) is 0 Å². The molecule has 1 aliphatic heterocycles. The van der Waals surface area contributed by atoms with E-state index in [1.54, 1.807) is 0 Å². The summed E-state index contributed by atoms with van der Waals surface area (Å²) in [6.45, 7) is 16.4. The molecule has 21 heavy (non-hydrogen) atoms. The van der Waals surface area contributed by atoms with Crippen LogP contribution in [0.1, 0.15) is 40.5 Å². The molecule has 120 valence electrons. The first kappa shape index (κ1) is 18.1. The van der Waals surface area contributed by atoms with Crippen molar-refractivity contribution in [2.45, 2.75) is 65.8 Å². The highest BCUT2D eigenvalue weighted by atomic mass is 28.3. The second kappa shape index (κ2) is 6.87. The smallest absolute Gasteiger partial charge is 0.410 e. The Kier molecular flexibility index (Phi) is 5.92. The third kappa shape index (κ3) is 7.04. The molecular weight excluding hydrogens is 278 g/mol. The minimum atomic E-state index is -1.27. The van der Waals surface area contributed by atoms with Gasteiger partial charge in [-0.15, -0.1) is 11.5 Å². The summed E-state index contributed by atoms with van der Waals surface area (Å²) in [5, 5.41) is 0. The van der Waals surface area contributed by atoms with Crippen LogP contribution in [0.4, 0.5) is 4.79 Å². The Bertz CT molecular complexity index is 423. The molecule has 1 saturated heterocycles. The van der Waals surface area contributed by atoms with Gasteiger partial charge in [0.15, 0.2) is 0 Å². The molecule has 0 spiro atoms. The van der Waals surface area contributed by atoms with Crippen molar-refractivity contribution in [2.75, 3.05) is 13.1 Å². The molecule has 0 aromatic carbocycles. The molecule has 0 aromatic rings. The fraction of sp³-hybridized carbons (Fsp3) is 0.824. The molecule has 4 heteroatoms. The van der Waals surface area contributed by atoms with E-state index >= 15 is 0 Å². The highest BCUT2D eigenvalue weighted by molar-refractivity contribution is 6.83. The van der Waals surface area contributed by atoms with E-state index < -0.39 is 13.7 Å². The van der Waals surface area contributed by atoms with Crippen molar-refractivity contribution in [3.63, 3.8) is 0 Å². The summed E-state index contributed by atoms with van der Waals surface area (Å²) >= 11 is 0. The van der Waals surface area contributed by atoms with Crippen molar-refractivity contribution in [3.05, 3.63) is 0 Å². The molecule has 1 rings (SSSR count). The Hall–Kier alpha value is -0.953. The largest absolute Gasteiger partial charge is 0.444 e. The number of ether oxygens (including phenoxy) is 1. The first-order valence-corrected chi connectivity index (χ1v) is 11.5. The van der Waals surface area contributed by atoms with Crippen LogP contribution in [-0.4, -0.2) is 37.8 Å². The maximum atomic E-state index is 12.1. The van der Waals surface area contributed by atoms with Crippen LogP contribution in [0.5, 0.6) is 0 Å². The molecule has 0 bridgehead atoms. The lowest BCUT2D eigenvalue weighted by Crippen LogP contribution is -2.35. The highest BCUT2D eigenvalue weighted by Crippen LogP contribution is 2.27. The summed E-state index contributed by atoms with van der Waals surface area (Å²) in [5.74, 6) is 4.45. The Morgan fingerprint density at radius 1 is 1.38 bits per heavy atom. The van der Waals surface area contributed by atoms with Gasteiger partial charge >= 0.3 is 6.09 Å². The summed E-state index contributed by atoms with van der Waals surface area (Å²) < 4.78 is 5.44. The Morgan fingerprint density at radius 2 is 2.00 bits per heavy atom. The van der Waals surface area contributed by atoms with Crippen molar-refractivity contribution >= 4 is 14.2 Å². The number of hydrogen-bond acceptors (Lipinski definition) is 2. The number of carbonyl (C=O) groups is 1. The van der Waals surface area contributed by atoms with Gasteiger partial charge in [0.2, 0.25) is 0 Å². The normalized spacial score (nSPS) is 20.7. The van der Waals surface area contributed by atoms with Gasteiger partial charge in [0, 0.05) is 19.5 Å². The predicted molar refractivity (Wildman–Crippen MR) is 90.8 cm³/mol. The molecule has 1 heterocycles. The molecule has 0 saturated carbocycles. The van der Waals surface area contributed by atoms with Crippen molar-refractivity contribution in [2.24, 2.45) is 11.8 Å². The van der Waals surface area contributed by atoms with Gasteiger partial charge in [-0.25, -0.2) is 4.79 Å². The minimum Gasteiger partial charge on any atom is -0.444 e. The van der Waals surface area contributed by atoms with E-state index in [4.69, 9.17) is 4.74 Å². The van der Waals surface area contributed by atoms with Crippen molar-refractivity contribution in [1.82, 2.24) is 4.90 Å². The molecule has 3 nitrogen and oxygen atoms in total. The summed E-state index contributed by atoms with van der Waals surface area (Å²) in [4.78, 5) is 13.9. The maximum Gasteiger partial charge on any atom is 0.410 e. The number of likely N-dealkylation sites (tertiary alicyclic amines) is 1. The van der Waals surface area contributed by atoms with Crippen LogP contribution < -0.4 is 0 Å². The zero-order valence-electron chi connectivity index (χ0n) is 14.7. The summed E-state index contributed by atoms with van der Waals surface area (Å²) in [7, 11) is -1.27. The Morgan fingerprint density at radius 3 is 2.52 bits per heavy atom. The zero-order chi connectivity index (χ0) is 16.3. The lowest BCUT2D eigenvalue weighted by molar-refractivity contribution is 0.0284. The molecular formula is C17H31NO2Si. The van der Waals surface area contributed by atoms with Gasteiger partial charge in [-0.3, -0.25) is 0 Å². The van der Waals surface area contributed by atoms with Crippen molar-refractivity contribution in [3.8, 4) is 11.5 Å². The van der Waals surface area contributed by atoms with Crippen LogP contribution >= 0.6 is 0 Å². The molecule has 2 atom stereocenters. The van der Waals surface area contributed by atoms with Gasteiger partial charge in [-0.2, -0.15) is 0 Å². The van der Waals surface area contributed by atoms with Crippen molar-refractivity contribution in [1.29, 1.82) is 0 Å². The molecule has 0 aromatic heterocycles. The van der Waals surface area contributed by atoms with Crippen LogP contribution in [0, 0.1) is 23.3 Å². The lowest BCUT2D eigenvalue weighted by atomic mass is 9.91. The Labute approximate surface area is 131 Å². The first-order valence-electron chi connectivity index (χ1n) is 7.96. The van der Waals surface area contributed by atoms with Crippen LogP contribution in [0.25, 0.3) is 0 Å². The molecule has 1 aliphatic rings. The maximum absolute atomic E-state index is 12.1. The van der Waals surface area contributed by atoms with Crippen molar-refractivity contribution < 1.29 is 9.53 Å². The van der Waals surface area contributed by atoms with Gasteiger partial charge in [-0.05, 0) is 39.0 Å². The van der Waals surface area contributed by atoms with E-state index in [-0.39, 0.29) is 6.09 Å². The van der Waals surface area contributed by atoms with E-state index in [0.29, 0.717) is 11.8 Å². The fourth-order valence-corrected chi connectivity index (χ4v) is 3.02. The van der Waals surface area contributed by atoms with Crippen LogP contribution in [0.3, 0.4) is 0 Å². The van der Waals surface area contributed by atoms with E-state index in [2.05, 4.69) is 38.0 Å². The molecule has 2 unspecified atom stereocenters. The lowest BCUT2D eigenvalue weighted by Gasteiger charge is -2.25. The van der Waals surface area contributed by atoms with Gasteiger partial charge in [-0.1, -0.05) is 26.6 Å². The standard InChI is InChI=1S/C17H31NO2Si/c1-14(9-8-12-21(5,6)7)15-10-11-18(13-15)16(19)20-17(2,3)4/h14-15H,9-11,13H2,1-7H3. The third-order valence-electron chi connectivity index (χ3n) is 3.57. The topological polar surface area (TPSA) is 29.5 Å². The highest BCUT2D eigenvalue weighted by Gasteiger charge is 2.32. The van der Waals surface area contributed by atoms with E-state index in [1.807, 2.05) is 25.7 Å². The number of nitrogens with zero attached hydrogens (tertiary/aromatic N) is 1. The predicted octanol–water partition coefficient (Wildman–Crippen LogP) is 4.15. The summed E-state index contributed by atoms with van der Waals surface area (Å²) in [5.41, 5.74) is 3.01. The number of hydrogen-bond donors (Lipinski definition) is 0. The van der Waals surface area contributed by atoms with Gasteiger partial charge in [0.1, 0.15) is 13.7 Å². The molecule has 0 radical (unpaired) electrons. The van der Waals surface area contributed by atoms with Gasteiger partial charge in [0.25, 0.3) is 0 Å². The average molecular weight is 310 g/mol. The van der Waals surface area contributed by atoms with Crippen LogP contribution in [0.2, 0.25) is 19.6 Å². The average Bonchev–Trinajstić information content (AvgIpc) is 2.73. The summed E-state index contributed by atoms with van der Waals surface area (Å²) in [6, 6.07) is 0. The fourth-order valence-electron chi connectivity index (χ4n) is 2.39. The van der Waals surface area contributed by atoms with Crippen LogP contribution in [-0.2, 0) is 4.74 Å². The third-order valence-corrected chi connectivity index (χ3v) is 4.50. The SMILES string of the molecule is CC(CC#C[Si](C)(C)C)C1CCN(C(=O)OC(C)(C)C)C1. The Balaban J connectivity index is 2.46. The molecule has 1 fully saturated rings. The van der Waals surface area contributed by atoms with Crippen LogP contribution in [0.15, 0.2) is 0 Å².